The normalized spacial score (nSPS) is 15.1. The minimum Gasteiger partial charge on any atom is -0.507 e. The van der Waals surface area contributed by atoms with Gasteiger partial charge in [0.15, 0.2) is 11.6 Å². The maximum absolute atomic E-state index is 11.4. The summed E-state index contributed by atoms with van der Waals surface area (Å²) in [4.78, 5) is 22.8. The number of allylic oxidation sites excluding steroid dienone is 2. The molecule has 4 heteroatoms. The molecule has 0 amide bonds. The van der Waals surface area contributed by atoms with E-state index in [4.69, 9.17) is 0 Å². The van der Waals surface area contributed by atoms with E-state index < -0.39 is 0 Å². The third kappa shape index (κ3) is 3.57. The molecule has 104 valence electrons. The lowest BCUT2D eigenvalue weighted by Crippen LogP contribution is -2.10. The maximum atomic E-state index is 11.4. The van der Waals surface area contributed by atoms with Gasteiger partial charge in [0, 0.05) is 25.6 Å². The summed E-state index contributed by atoms with van der Waals surface area (Å²) in [5.74, 6) is -0.799. The highest BCUT2D eigenvalue weighted by molar-refractivity contribution is 6.25. The van der Waals surface area contributed by atoms with E-state index >= 15 is 0 Å². The van der Waals surface area contributed by atoms with E-state index in [-0.39, 0.29) is 35.7 Å². The third-order valence-corrected chi connectivity index (χ3v) is 3.15. The number of hydrogen-bond donors (Lipinski definition) is 2. The summed E-state index contributed by atoms with van der Waals surface area (Å²) in [6.45, 7) is 0.713. The molecule has 1 aromatic rings. The van der Waals surface area contributed by atoms with Crippen molar-refractivity contribution in [2.75, 3.05) is 6.54 Å². The summed E-state index contributed by atoms with van der Waals surface area (Å²) >= 11 is 0. The SMILES string of the molecule is O=C1CCC(=O)C1=C(O)/C=C/NCCc1ccccc1. The summed E-state index contributed by atoms with van der Waals surface area (Å²) < 4.78 is 0. The van der Waals surface area contributed by atoms with Gasteiger partial charge in [-0.25, -0.2) is 0 Å². The van der Waals surface area contributed by atoms with Gasteiger partial charge in [-0.2, -0.15) is 0 Å². The molecule has 0 unspecified atom stereocenters. The Labute approximate surface area is 117 Å². The summed E-state index contributed by atoms with van der Waals surface area (Å²) in [6.07, 6.45) is 4.19. The molecule has 0 atom stereocenters. The predicted molar refractivity (Wildman–Crippen MR) is 76.2 cm³/mol. The number of hydrogen-bond acceptors (Lipinski definition) is 4. The van der Waals surface area contributed by atoms with Crippen LogP contribution in [0.2, 0.25) is 0 Å². The first-order valence-electron chi connectivity index (χ1n) is 6.62. The number of benzene rings is 1. The highest BCUT2D eigenvalue weighted by Gasteiger charge is 2.28. The third-order valence-electron chi connectivity index (χ3n) is 3.15. The molecule has 1 aliphatic carbocycles. The number of carbonyl (C=O) groups excluding carboxylic acids is 2. The highest BCUT2D eigenvalue weighted by Crippen LogP contribution is 2.19. The van der Waals surface area contributed by atoms with E-state index in [1.54, 1.807) is 6.20 Å². The van der Waals surface area contributed by atoms with Crippen molar-refractivity contribution < 1.29 is 14.7 Å². The Morgan fingerprint density at radius 1 is 1.15 bits per heavy atom. The Balaban J connectivity index is 1.83. The molecule has 4 nitrogen and oxygen atoms in total. The van der Waals surface area contributed by atoms with Gasteiger partial charge in [0.2, 0.25) is 0 Å². The Kier molecular flexibility index (Phi) is 4.71. The van der Waals surface area contributed by atoms with E-state index in [9.17, 15) is 14.7 Å². The molecule has 1 saturated carbocycles. The van der Waals surface area contributed by atoms with Crippen molar-refractivity contribution in [2.24, 2.45) is 0 Å². The molecule has 0 radical (unpaired) electrons. The minimum atomic E-state index is -0.276. The molecule has 1 aromatic carbocycles. The molecule has 20 heavy (non-hydrogen) atoms. The summed E-state index contributed by atoms with van der Waals surface area (Å²) in [6, 6.07) is 10.0. The first kappa shape index (κ1) is 14.1. The molecule has 0 spiro atoms. The van der Waals surface area contributed by atoms with E-state index in [2.05, 4.69) is 5.32 Å². The smallest absolute Gasteiger partial charge is 0.170 e. The molecule has 0 saturated heterocycles. The second-order valence-electron chi connectivity index (χ2n) is 4.63. The largest absolute Gasteiger partial charge is 0.507 e. The molecular formula is C16H17NO3. The second-order valence-corrected chi connectivity index (χ2v) is 4.63. The van der Waals surface area contributed by atoms with Crippen molar-refractivity contribution in [3.05, 3.63) is 59.5 Å². The van der Waals surface area contributed by atoms with Crippen molar-refractivity contribution in [3.63, 3.8) is 0 Å². The fourth-order valence-corrected chi connectivity index (χ4v) is 2.08. The van der Waals surface area contributed by atoms with Gasteiger partial charge in [0.1, 0.15) is 11.3 Å². The fraction of sp³-hybridized carbons (Fsp3) is 0.250. The van der Waals surface area contributed by atoms with Crippen LogP contribution < -0.4 is 5.32 Å². The molecule has 0 aliphatic heterocycles. The lowest BCUT2D eigenvalue weighted by molar-refractivity contribution is -0.116. The Bertz CT molecular complexity index is 540. The van der Waals surface area contributed by atoms with E-state index in [0.717, 1.165) is 6.42 Å². The highest BCUT2D eigenvalue weighted by atomic mass is 16.3. The predicted octanol–water partition coefficient (Wildman–Crippen LogP) is 2.08. The molecule has 0 aromatic heterocycles. The second kappa shape index (κ2) is 6.70. The monoisotopic (exact) mass is 271 g/mol. The quantitative estimate of drug-likeness (QED) is 0.372. The molecule has 0 heterocycles. The lowest BCUT2D eigenvalue weighted by Gasteiger charge is -2.01. The molecule has 1 fully saturated rings. The van der Waals surface area contributed by atoms with Gasteiger partial charge in [-0.15, -0.1) is 0 Å². The average molecular weight is 271 g/mol. The lowest BCUT2D eigenvalue weighted by atomic mass is 10.1. The zero-order chi connectivity index (χ0) is 14.4. The zero-order valence-electron chi connectivity index (χ0n) is 11.1. The van der Waals surface area contributed by atoms with E-state index in [1.165, 1.54) is 11.6 Å². The van der Waals surface area contributed by atoms with E-state index in [0.29, 0.717) is 6.54 Å². The molecule has 2 rings (SSSR count). The Morgan fingerprint density at radius 3 is 2.45 bits per heavy atom. The Hall–Kier alpha value is -2.36. The number of nitrogens with one attached hydrogen (secondary N) is 1. The number of Topliss-reactive ketones (excluding diaryl/α,β-unsaturated/α-hetero) is 2. The van der Waals surface area contributed by atoms with Crippen LogP contribution in [-0.2, 0) is 16.0 Å². The molecular weight excluding hydrogens is 254 g/mol. The van der Waals surface area contributed by atoms with Crippen LogP contribution in [0.5, 0.6) is 0 Å². The van der Waals surface area contributed by atoms with Crippen molar-refractivity contribution >= 4 is 11.6 Å². The summed E-state index contributed by atoms with van der Waals surface area (Å²) in [5, 5.41) is 12.7. The van der Waals surface area contributed by atoms with Gasteiger partial charge in [0.05, 0.1) is 0 Å². The summed E-state index contributed by atoms with van der Waals surface area (Å²) in [5.41, 5.74) is 1.16. The average Bonchev–Trinajstić information content (AvgIpc) is 2.79. The maximum Gasteiger partial charge on any atom is 0.170 e. The molecule has 2 N–H and O–H groups in total. The van der Waals surface area contributed by atoms with Gasteiger partial charge in [-0.3, -0.25) is 9.59 Å². The van der Waals surface area contributed by atoms with Crippen LogP contribution in [0.3, 0.4) is 0 Å². The number of aliphatic hydroxyl groups is 1. The standard InChI is InChI=1S/C16H17NO3/c18-13-6-7-14(19)16(13)15(20)9-11-17-10-8-12-4-2-1-3-5-12/h1-5,9,11,17,20H,6-8,10H2/b11-9+. The van der Waals surface area contributed by atoms with Gasteiger partial charge in [-0.1, -0.05) is 30.3 Å². The first-order valence-corrected chi connectivity index (χ1v) is 6.62. The number of ketones is 2. The van der Waals surface area contributed by atoms with Crippen LogP contribution >= 0.6 is 0 Å². The molecule has 1 aliphatic rings. The van der Waals surface area contributed by atoms with Crippen LogP contribution in [0.1, 0.15) is 18.4 Å². The van der Waals surface area contributed by atoms with Gasteiger partial charge in [0.25, 0.3) is 0 Å². The van der Waals surface area contributed by atoms with Crippen LogP contribution in [-0.4, -0.2) is 23.2 Å². The minimum absolute atomic E-state index is 0.0638. The molecule has 0 bridgehead atoms. The fourth-order valence-electron chi connectivity index (χ4n) is 2.08. The van der Waals surface area contributed by atoms with Gasteiger partial charge < -0.3 is 10.4 Å². The van der Waals surface area contributed by atoms with Crippen molar-refractivity contribution in [2.45, 2.75) is 19.3 Å². The number of carbonyl (C=O) groups is 2. The van der Waals surface area contributed by atoms with Crippen LogP contribution in [0, 0.1) is 0 Å². The van der Waals surface area contributed by atoms with Crippen molar-refractivity contribution in [1.29, 1.82) is 0 Å². The van der Waals surface area contributed by atoms with Crippen molar-refractivity contribution in [3.8, 4) is 0 Å². The van der Waals surface area contributed by atoms with Gasteiger partial charge in [-0.05, 0) is 18.1 Å². The summed E-state index contributed by atoms with van der Waals surface area (Å²) in [7, 11) is 0. The topological polar surface area (TPSA) is 66.4 Å². The zero-order valence-corrected chi connectivity index (χ0v) is 11.1. The van der Waals surface area contributed by atoms with Crippen LogP contribution in [0.25, 0.3) is 0 Å². The van der Waals surface area contributed by atoms with Crippen LogP contribution in [0.4, 0.5) is 0 Å². The van der Waals surface area contributed by atoms with Gasteiger partial charge >= 0.3 is 0 Å². The number of aliphatic hydroxyl groups excluding tert-OH is 1. The van der Waals surface area contributed by atoms with Crippen molar-refractivity contribution in [1.82, 2.24) is 5.32 Å². The van der Waals surface area contributed by atoms with Crippen LogP contribution in [0.15, 0.2) is 53.9 Å². The number of rotatable bonds is 5. The Morgan fingerprint density at radius 2 is 1.80 bits per heavy atom. The van der Waals surface area contributed by atoms with E-state index in [1.807, 2.05) is 30.3 Å². The first-order chi connectivity index (χ1) is 9.68.